The molecule has 0 aliphatic heterocycles. The van der Waals surface area contributed by atoms with Crippen molar-refractivity contribution < 1.29 is 23.8 Å². The number of benzene rings is 1. The predicted octanol–water partition coefficient (Wildman–Crippen LogP) is 1.31. The largest absolute Gasteiger partial charge is 0.478 e. The van der Waals surface area contributed by atoms with Crippen LogP contribution in [0.15, 0.2) is 18.2 Å². The van der Waals surface area contributed by atoms with Gasteiger partial charge in [0.15, 0.2) is 0 Å². The van der Waals surface area contributed by atoms with Gasteiger partial charge in [-0.05, 0) is 18.2 Å². The fourth-order valence-electron chi connectivity index (χ4n) is 0.924. The first-order valence-corrected chi connectivity index (χ1v) is 3.67. The summed E-state index contributed by atoms with van der Waals surface area (Å²) in [7, 11) is 1.12. The minimum absolute atomic E-state index is 0.213. The summed E-state index contributed by atoms with van der Waals surface area (Å²) in [4.78, 5) is 21.3. The van der Waals surface area contributed by atoms with Crippen LogP contribution in [0.3, 0.4) is 0 Å². The maximum absolute atomic E-state index is 13.1. The van der Waals surface area contributed by atoms with E-state index in [1.165, 1.54) is 0 Å². The molecule has 0 atom stereocenters. The summed E-state index contributed by atoms with van der Waals surface area (Å²) in [6, 6.07) is 2.98. The van der Waals surface area contributed by atoms with Crippen molar-refractivity contribution in [2.45, 2.75) is 0 Å². The van der Waals surface area contributed by atoms with E-state index in [9.17, 15) is 14.0 Å². The Balaban J connectivity index is 3.14. The predicted molar refractivity (Wildman–Crippen MR) is 44.7 cm³/mol. The molecule has 0 aromatic heterocycles. The first kappa shape index (κ1) is 10.2. The molecule has 4 nitrogen and oxygen atoms in total. The number of halogens is 1. The van der Waals surface area contributed by atoms with Gasteiger partial charge in [-0.25, -0.2) is 14.0 Å². The molecule has 0 aliphatic carbocycles. The molecule has 1 aromatic carbocycles. The fourth-order valence-corrected chi connectivity index (χ4v) is 0.924. The van der Waals surface area contributed by atoms with Crippen molar-refractivity contribution >= 4 is 11.9 Å². The lowest BCUT2D eigenvalue weighted by atomic mass is 10.1. The second kappa shape index (κ2) is 3.87. The lowest BCUT2D eigenvalue weighted by Gasteiger charge is -2.01. The van der Waals surface area contributed by atoms with Crippen molar-refractivity contribution in [2.24, 2.45) is 0 Å². The standard InChI is InChI=1S/C9H7FO4/c1-14-9(13)6-3-2-5(8(11)12)4-7(6)10/h2-4H,1H3,(H,11,12). The summed E-state index contributed by atoms with van der Waals surface area (Å²) in [5.74, 6) is -2.99. The molecular weight excluding hydrogens is 191 g/mol. The van der Waals surface area contributed by atoms with Crippen LogP contribution in [0.5, 0.6) is 0 Å². The number of esters is 1. The van der Waals surface area contributed by atoms with Gasteiger partial charge in [0.05, 0.1) is 18.2 Å². The highest BCUT2D eigenvalue weighted by Crippen LogP contribution is 2.11. The summed E-state index contributed by atoms with van der Waals surface area (Å²) in [5, 5.41) is 8.51. The maximum Gasteiger partial charge on any atom is 0.340 e. The first-order valence-electron chi connectivity index (χ1n) is 3.67. The zero-order valence-corrected chi connectivity index (χ0v) is 7.28. The van der Waals surface area contributed by atoms with E-state index < -0.39 is 17.8 Å². The zero-order valence-electron chi connectivity index (χ0n) is 7.28. The molecule has 74 valence electrons. The Hall–Kier alpha value is -1.91. The SMILES string of the molecule is COC(=O)c1ccc(C(=O)O)cc1F. The lowest BCUT2D eigenvalue weighted by molar-refractivity contribution is 0.0593. The Morgan fingerprint density at radius 1 is 1.43 bits per heavy atom. The fraction of sp³-hybridized carbons (Fsp3) is 0.111. The second-order valence-electron chi connectivity index (χ2n) is 2.49. The average molecular weight is 198 g/mol. The van der Waals surface area contributed by atoms with Crippen LogP contribution < -0.4 is 0 Å². The molecule has 0 bridgehead atoms. The van der Waals surface area contributed by atoms with E-state index in [-0.39, 0.29) is 11.1 Å². The van der Waals surface area contributed by atoms with Gasteiger partial charge in [0.1, 0.15) is 5.82 Å². The lowest BCUT2D eigenvalue weighted by Crippen LogP contribution is -2.06. The van der Waals surface area contributed by atoms with E-state index in [2.05, 4.69) is 4.74 Å². The minimum atomic E-state index is -1.25. The Kier molecular flexibility index (Phi) is 2.81. The van der Waals surface area contributed by atoms with Crippen LogP contribution >= 0.6 is 0 Å². The van der Waals surface area contributed by atoms with Crippen molar-refractivity contribution in [3.05, 3.63) is 35.1 Å². The molecule has 1 aromatic rings. The normalized spacial score (nSPS) is 9.57. The van der Waals surface area contributed by atoms with Crippen LogP contribution in [-0.2, 0) is 4.74 Å². The molecular formula is C9H7FO4. The summed E-state index contributed by atoms with van der Waals surface area (Å²) < 4.78 is 17.4. The van der Waals surface area contributed by atoms with Gasteiger partial charge in [-0.2, -0.15) is 0 Å². The molecule has 1 rings (SSSR count). The zero-order chi connectivity index (χ0) is 10.7. The summed E-state index contributed by atoms with van der Waals surface area (Å²) in [6.07, 6.45) is 0. The van der Waals surface area contributed by atoms with Crippen molar-refractivity contribution in [1.29, 1.82) is 0 Å². The molecule has 0 saturated carbocycles. The van der Waals surface area contributed by atoms with E-state index in [0.717, 1.165) is 25.3 Å². The van der Waals surface area contributed by atoms with Crippen LogP contribution in [0.2, 0.25) is 0 Å². The second-order valence-corrected chi connectivity index (χ2v) is 2.49. The average Bonchev–Trinajstić information content (AvgIpc) is 2.16. The molecule has 0 aliphatic rings. The van der Waals surface area contributed by atoms with Gasteiger partial charge in [0.2, 0.25) is 0 Å². The van der Waals surface area contributed by atoms with E-state index in [1.807, 2.05) is 0 Å². The van der Waals surface area contributed by atoms with Gasteiger partial charge in [0.25, 0.3) is 0 Å². The highest BCUT2D eigenvalue weighted by atomic mass is 19.1. The van der Waals surface area contributed by atoms with Crippen LogP contribution in [-0.4, -0.2) is 24.2 Å². The topological polar surface area (TPSA) is 63.6 Å². The highest BCUT2D eigenvalue weighted by Gasteiger charge is 2.14. The van der Waals surface area contributed by atoms with Crippen molar-refractivity contribution in [1.82, 2.24) is 0 Å². The third kappa shape index (κ3) is 1.87. The molecule has 0 heterocycles. The number of hydrogen-bond acceptors (Lipinski definition) is 3. The molecule has 5 heteroatoms. The number of carboxylic acid groups (broad SMARTS) is 1. The Morgan fingerprint density at radius 2 is 2.07 bits per heavy atom. The van der Waals surface area contributed by atoms with Crippen molar-refractivity contribution in [3.63, 3.8) is 0 Å². The van der Waals surface area contributed by atoms with Crippen molar-refractivity contribution in [3.8, 4) is 0 Å². The van der Waals surface area contributed by atoms with Crippen molar-refractivity contribution in [2.75, 3.05) is 7.11 Å². The van der Waals surface area contributed by atoms with E-state index >= 15 is 0 Å². The number of hydrogen-bond donors (Lipinski definition) is 1. The number of carbonyl (C=O) groups excluding carboxylic acids is 1. The molecule has 0 radical (unpaired) electrons. The minimum Gasteiger partial charge on any atom is -0.478 e. The molecule has 0 fully saturated rings. The quantitative estimate of drug-likeness (QED) is 0.727. The number of carboxylic acids is 1. The number of ether oxygens (including phenoxy) is 1. The van der Waals surface area contributed by atoms with Crippen LogP contribution in [0.4, 0.5) is 4.39 Å². The van der Waals surface area contributed by atoms with E-state index in [4.69, 9.17) is 5.11 Å². The molecule has 0 amide bonds. The highest BCUT2D eigenvalue weighted by molar-refractivity contribution is 5.92. The van der Waals surface area contributed by atoms with Crippen LogP contribution in [0.25, 0.3) is 0 Å². The third-order valence-electron chi connectivity index (χ3n) is 1.62. The number of aromatic carboxylic acids is 1. The van der Waals surface area contributed by atoms with Gasteiger partial charge in [-0.3, -0.25) is 0 Å². The Bertz CT molecular complexity index is 386. The summed E-state index contributed by atoms with van der Waals surface area (Å²) in [5.41, 5.74) is -0.493. The van der Waals surface area contributed by atoms with Gasteiger partial charge in [0, 0.05) is 0 Å². The van der Waals surface area contributed by atoms with E-state index in [1.54, 1.807) is 0 Å². The Labute approximate surface area is 78.9 Å². The summed E-state index contributed by atoms with van der Waals surface area (Å²) >= 11 is 0. The van der Waals surface area contributed by atoms with Gasteiger partial charge in [-0.15, -0.1) is 0 Å². The molecule has 0 unspecified atom stereocenters. The third-order valence-corrected chi connectivity index (χ3v) is 1.62. The molecule has 0 saturated heterocycles. The number of methoxy groups -OCH3 is 1. The Morgan fingerprint density at radius 3 is 2.50 bits per heavy atom. The molecule has 0 spiro atoms. The monoisotopic (exact) mass is 198 g/mol. The first-order chi connectivity index (χ1) is 6.56. The van der Waals surface area contributed by atoms with Gasteiger partial charge in [-0.1, -0.05) is 0 Å². The van der Waals surface area contributed by atoms with Crippen LogP contribution in [0, 0.1) is 5.82 Å². The van der Waals surface area contributed by atoms with Gasteiger partial charge >= 0.3 is 11.9 Å². The smallest absolute Gasteiger partial charge is 0.340 e. The van der Waals surface area contributed by atoms with Gasteiger partial charge < -0.3 is 9.84 Å². The number of carbonyl (C=O) groups is 2. The molecule has 14 heavy (non-hydrogen) atoms. The summed E-state index contributed by atoms with van der Waals surface area (Å²) in [6.45, 7) is 0. The molecule has 1 N–H and O–H groups in total. The van der Waals surface area contributed by atoms with E-state index in [0.29, 0.717) is 0 Å². The van der Waals surface area contributed by atoms with Crippen LogP contribution in [0.1, 0.15) is 20.7 Å². The maximum atomic E-state index is 13.1. The number of rotatable bonds is 2.